The highest BCUT2D eigenvalue weighted by molar-refractivity contribution is 9.11. The van der Waals surface area contributed by atoms with Gasteiger partial charge in [-0.15, -0.1) is 0 Å². The molecule has 0 aliphatic heterocycles. The van der Waals surface area contributed by atoms with E-state index in [-0.39, 0.29) is 0 Å². The van der Waals surface area contributed by atoms with Crippen molar-refractivity contribution in [2.75, 3.05) is 5.73 Å². The molecular weight excluding hydrogens is 360 g/mol. The molecule has 18 heavy (non-hydrogen) atoms. The Hall–Kier alpha value is -1.01. The molecule has 4 nitrogen and oxygen atoms in total. The maximum Gasteiger partial charge on any atom is 0.181 e. The predicted molar refractivity (Wildman–Crippen MR) is 77.1 cm³/mol. The number of nitrogens with zero attached hydrogens (tertiary/aromatic N) is 3. The Labute approximate surface area is 121 Å². The largest absolute Gasteiger partial charge is 0.383 e. The third kappa shape index (κ3) is 2.14. The highest BCUT2D eigenvalue weighted by atomic mass is 79.9. The lowest BCUT2D eigenvalue weighted by Gasteiger charge is -2.08. The Bertz CT molecular complexity index is 611. The molecule has 0 atom stereocenters. The highest BCUT2D eigenvalue weighted by Gasteiger charge is 2.29. The molecule has 6 heteroatoms. The molecule has 1 saturated carbocycles. The van der Waals surface area contributed by atoms with E-state index in [2.05, 4.69) is 46.8 Å². The zero-order valence-electron chi connectivity index (χ0n) is 9.40. The molecule has 2 N–H and O–H groups in total. The van der Waals surface area contributed by atoms with Gasteiger partial charge in [0.15, 0.2) is 5.82 Å². The van der Waals surface area contributed by atoms with Crippen LogP contribution in [0.5, 0.6) is 0 Å². The average molecular weight is 370 g/mol. The third-order valence-corrected chi connectivity index (χ3v) is 4.29. The number of rotatable bonds is 2. The van der Waals surface area contributed by atoms with Gasteiger partial charge < -0.3 is 5.73 Å². The van der Waals surface area contributed by atoms with Crippen molar-refractivity contribution in [3.05, 3.63) is 33.0 Å². The van der Waals surface area contributed by atoms with Crippen molar-refractivity contribution in [1.29, 1.82) is 0 Å². The highest BCUT2D eigenvalue weighted by Crippen LogP contribution is 2.44. The quantitative estimate of drug-likeness (QED) is 0.879. The first-order valence-corrected chi connectivity index (χ1v) is 7.19. The van der Waals surface area contributed by atoms with Gasteiger partial charge in [-0.1, -0.05) is 0 Å². The summed E-state index contributed by atoms with van der Waals surface area (Å²) >= 11 is 6.92. The topological polar surface area (TPSA) is 64.7 Å². The monoisotopic (exact) mass is 368 g/mol. The van der Waals surface area contributed by atoms with Crippen LogP contribution in [0, 0.1) is 0 Å². The smallest absolute Gasteiger partial charge is 0.181 e. The lowest BCUT2D eigenvalue weighted by atomic mass is 10.2. The number of aromatic nitrogens is 3. The standard InChI is InChI=1S/C12H10Br2N4/c13-7-2-1-5-16-10(7)12-17-9(6-3-4-6)8(14)11(15)18-12/h1-2,5-6H,3-4H2,(H2,15,17,18). The first-order valence-electron chi connectivity index (χ1n) is 5.60. The normalized spacial score (nSPS) is 14.8. The summed E-state index contributed by atoms with van der Waals surface area (Å²) in [7, 11) is 0. The van der Waals surface area contributed by atoms with Crippen LogP contribution in [0.3, 0.4) is 0 Å². The molecule has 0 saturated heterocycles. The second kappa shape index (κ2) is 4.59. The van der Waals surface area contributed by atoms with Gasteiger partial charge in [0.2, 0.25) is 0 Å². The number of anilines is 1. The summed E-state index contributed by atoms with van der Waals surface area (Å²) < 4.78 is 1.69. The van der Waals surface area contributed by atoms with Crippen LogP contribution in [0.25, 0.3) is 11.5 Å². The fourth-order valence-electron chi connectivity index (χ4n) is 1.77. The van der Waals surface area contributed by atoms with Crippen molar-refractivity contribution in [1.82, 2.24) is 15.0 Å². The van der Waals surface area contributed by atoms with Crippen molar-refractivity contribution in [2.24, 2.45) is 0 Å². The molecule has 0 aromatic carbocycles. The molecule has 2 heterocycles. The number of hydrogen-bond donors (Lipinski definition) is 1. The number of nitrogens with two attached hydrogens (primary N) is 1. The lowest BCUT2D eigenvalue weighted by molar-refractivity contribution is 0.977. The van der Waals surface area contributed by atoms with Crippen LogP contribution in [-0.2, 0) is 0 Å². The minimum atomic E-state index is 0.472. The Morgan fingerprint density at radius 2 is 2.00 bits per heavy atom. The Morgan fingerprint density at radius 3 is 2.67 bits per heavy atom. The van der Waals surface area contributed by atoms with E-state index in [0.29, 0.717) is 17.6 Å². The van der Waals surface area contributed by atoms with E-state index in [1.165, 1.54) is 0 Å². The van der Waals surface area contributed by atoms with Gasteiger partial charge in [0, 0.05) is 16.6 Å². The summed E-state index contributed by atoms with van der Waals surface area (Å²) in [6, 6.07) is 3.78. The van der Waals surface area contributed by atoms with Crippen molar-refractivity contribution < 1.29 is 0 Å². The Morgan fingerprint density at radius 1 is 1.22 bits per heavy atom. The molecule has 92 valence electrons. The molecule has 2 aromatic rings. The molecule has 0 spiro atoms. The summed E-state index contributed by atoms with van der Waals surface area (Å²) in [5, 5.41) is 0. The first kappa shape index (κ1) is 12.0. The summed E-state index contributed by atoms with van der Waals surface area (Å²) in [4.78, 5) is 13.2. The molecule has 2 aromatic heterocycles. The van der Waals surface area contributed by atoms with Gasteiger partial charge in [-0.2, -0.15) is 0 Å². The molecule has 1 fully saturated rings. The van der Waals surface area contributed by atoms with Crippen LogP contribution in [0.1, 0.15) is 24.5 Å². The summed E-state index contributed by atoms with van der Waals surface area (Å²) in [5.41, 5.74) is 7.65. The van der Waals surface area contributed by atoms with E-state index in [9.17, 15) is 0 Å². The summed E-state index contributed by atoms with van der Waals surface area (Å²) in [5.74, 6) is 1.55. The van der Waals surface area contributed by atoms with Crippen LogP contribution < -0.4 is 5.73 Å². The molecule has 0 radical (unpaired) electrons. The van der Waals surface area contributed by atoms with Gasteiger partial charge in [0.1, 0.15) is 11.5 Å². The molecule has 0 bridgehead atoms. The molecule has 0 unspecified atom stereocenters. The van der Waals surface area contributed by atoms with Crippen LogP contribution in [0.15, 0.2) is 27.3 Å². The van der Waals surface area contributed by atoms with Crippen molar-refractivity contribution in [2.45, 2.75) is 18.8 Å². The molecule has 0 amide bonds. The number of halogens is 2. The van der Waals surface area contributed by atoms with E-state index in [0.717, 1.165) is 33.2 Å². The van der Waals surface area contributed by atoms with Crippen molar-refractivity contribution >= 4 is 37.7 Å². The maximum atomic E-state index is 5.93. The number of nitrogen functional groups attached to an aromatic ring is 1. The van der Waals surface area contributed by atoms with Gasteiger partial charge >= 0.3 is 0 Å². The second-order valence-corrected chi connectivity index (χ2v) is 5.89. The second-order valence-electron chi connectivity index (χ2n) is 4.24. The van der Waals surface area contributed by atoms with Gasteiger partial charge in [-0.05, 0) is 56.8 Å². The fourth-order valence-corrected chi connectivity index (χ4v) is 2.70. The number of hydrogen-bond acceptors (Lipinski definition) is 4. The average Bonchev–Trinajstić information content (AvgIpc) is 3.17. The van der Waals surface area contributed by atoms with Crippen LogP contribution in [-0.4, -0.2) is 15.0 Å². The van der Waals surface area contributed by atoms with Crippen LogP contribution in [0.2, 0.25) is 0 Å². The van der Waals surface area contributed by atoms with Gasteiger partial charge in [0.25, 0.3) is 0 Å². The van der Waals surface area contributed by atoms with E-state index >= 15 is 0 Å². The number of pyridine rings is 1. The zero-order chi connectivity index (χ0) is 12.7. The van der Waals surface area contributed by atoms with E-state index in [1.54, 1.807) is 6.20 Å². The van der Waals surface area contributed by atoms with Gasteiger partial charge in [-0.3, -0.25) is 4.98 Å². The maximum absolute atomic E-state index is 5.93. The van der Waals surface area contributed by atoms with Crippen molar-refractivity contribution in [3.63, 3.8) is 0 Å². The third-order valence-electron chi connectivity index (χ3n) is 2.84. The van der Waals surface area contributed by atoms with E-state index in [1.807, 2.05) is 12.1 Å². The Kier molecular flexibility index (Phi) is 3.07. The van der Waals surface area contributed by atoms with Crippen LogP contribution >= 0.6 is 31.9 Å². The Balaban J connectivity index is 2.16. The van der Waals surface area contributed by atoms with E-state index < -0.39 is 0 Å². The summed E-state index contributed by atoms with van der Waals surface area (Å²) in [6.07, 6.45) is 4.05. The SMILES string of the molecule is Nc1nc(-c2ncccc2Br)nc(C2CC2)c1Br. The van der Waals surface area contributed by atoms with Gasteiger partial charge in [0.05, 0.1) is 10.2 Å². The fraction of sp³-hybridized carbons (Fsp3) is 0.250. The zero-order valence-corrected chi connectivity index (χ0v) is 12.6. The minimum Gasteiger partial charge on any atom is -0.383 e. The molecular formula is C12H10Br2N4. The van der Waals surface area contributed by atoms with Gasteiger partial charge in [-0.25, -0.2) is 9.97 Å². The summed E-state index contributed by atoms with van der Waals surface area (Å²) in [6.45, 7) is 0. The van der Waals surface area contributed by atoms with Crippen molar-refractivity contribution in [3.8, 4) is 11.5 Å². The lowest BCUT2D eigenvalue weighted by Crippen LogP contribution is -2.03. The molecule has 3 rings (SSSR count). The molecule has 1 aliphatic carbocycles. The first-order chi connectivity index (χ1) is 8.66. The predicted octanol–water partition coefficient (Wildman–Crippen LogP) is 3.52. The van der Waals surface area contributed by atoms with Crippen LogP contribution in [0.4, 0.5) is 5.82 Å². The van der Waals surface area contributed by atoms with E-state index in [4.69, 9.17) is 5.73 Å². The minimum absolute atomic E-state index is 0.472. The molecule has 1 aliphatic rings.